The van der Waals surface area contributed by atoms with Crippen LogP contribution in [0.1, 0.15) is 49.8 Å². The van der Waals surface area contributed by atoms with Gasteiger partial charge >= 0.3 is 6.41 Å². The van der Waals surface area contributed by atoms with Crippen LogP contribution in [0.3, 0.4) is 0 Å². The zero-order valence-electron chi connectivity index (χ0n) is 20.9. The number of amides is 3. The van der Waals surface area contributed by atoms with Gasteiger partial charge in [0.2, 0.25) is 0 Å². The number of benzene rings is 2. The molecule has 0 aliphatic heterocycles. The molecule has 0 aliphatic rings. The van der Waals surface area contributed by atoms with Gasteiger partial charge in [0.25, 0.3) is 17.7 Å². The lowest BCUT2D eigenvalue weighted by Gasteiger charge is -2.26. The molecular weight excluding hydrogens is 516 g/mol. The molecule has 0 unspecified atom stereocenters. The Kier molecular flexibility index (Phi) is 6.82. The average molecular weight is 540 g/mol. The predicted molar refractivity (Wildman–Crippen MR) is 149 cm³/mol. The fourth-order valence-electron chi connectivity index (χ4n) is 4.07. The van der Waals surface area contributed by atoms with Gasteiger partial charge in [-0.2, -0.15) is 4.68 Å². The number of nitrogens with zero attached hydrogens (tertiary/aromatic N) is 2. The van der Waals surface area contributed by atoms with Gasteiger partial charge in [-0.25, -0.2) is 0 Å². The van der Waals surface area contributed by atoms with Crippen molar-refractivity contribution in [1.29, 1.82) is 0 Å². The summed E-state index contributed by atoms with van der Waals surface area (Å²) in [6, 6.07) is 19.3. The summed E-state index contributed by atoms with van der Waals surface area (Å²) in [5.41, 5.74) is 1.18. The summed E-state index contributed by atoms with van der Waals surface area (Å²) >= 11 is 1.06. The van der Waals surface area contributed by atoms with Crippen LogP contribution >= 0.6 is 11.3 Å². The maximum atomic E-state index is 13.2. The van der Waals surface area contributed by atoms with Crippen LogP contribution in [-0.4, -0.2) is 38.9 Å². The minimum Gasteiger partial charge on any atom is -0.367 e. The van der Waals surface area contributed by atoms with E-state index in [2.05, 4.69) is 26.0 Å². The SMILES string of the molecule is CC(C)(NC(=O)c1cc2c(NC(=O)c3ccccc3NC(=O)c3cc[nH]c3)nn([C]=O)c2s1)c1ccccc1. The van der Waals surface area contributed by atoms with Gasteiger partial charge in [-0.05, 0) is 43.7 Å². The number of carbonyl (C=O) groups is 3. The molecule has 10 nitrogen and oxygen atoms in total. The summed E-state index contributed by atoms with van der Waals surface area (Å²) in [6.45, 7) is 3.79. The Bertz CT molecular complexity index is 1690. The van der Waals surface area contributed by atoms with E-state index in [1.165, 1.54) is 0 Å². The van der Waals surface area contributed by atoms with Crippen LogP contribution in [0.5, 0.6) is 0 Å². The Hall–Kier alpha value is -5.03. The number of anilines is 2. The molecule has 3 amide bonds. The van der Waals surface area contributed by atoms with Crippen LogP contribution in [0.25, 0.3) is 10.2 Å². The first kappa shape index (κ1) is 25.6. The van der Waals surface area contributed by atoms with E-state index in [1.807, 2.05) is 44.2 Å². The molecular formula is C28H23N6O4S. The quantitative estimate of drug-likeness (QED) is 0.230. The predicted octanol–water partition coefficient (Wildman–Crippen LogP) is 4.51. The van der Waals surface area contributed by atoms with Gasteiger partial charge in [0.1, 0.15) is 4.83 Å². The summed E-state index contributed by atoms with van der Waals surface area (Å²) in [4.78, 5) is 54.0. The molecule has 5 rings (SSSR count). The lowest BCUT2D eigenvalue weighted by atomic mass is 9.94. The molecule has 11 heteroatoms. The summed E-state index contributed by atoms with van der Waals surface area (Å²) in [5, 5.41) is 13.0. The molecule has 0 saturated heterocycles. The van der Waals surface area contributed by atoms with Crippen LogP contribution in [0.15, 0.2) is 79.1 Å². The highest BCUT2D eigenvalue weighted by Gasteiger charge is 2.26. The van der Waals surface area contributed by atoms with Crippen LogP contribution in [0.2, 0.25) is 0 Å². The number of carbonyl (C=O) groups excluding carboxylic acids is 4. The molecule has 1 radical (unpaired) electrons. The Morgan fingerprint density at radius 3 is 2.41 bits per heavy atom. The number of hydrogen-bond acceptors (Lipinski definition) is 6. The molecule has 2 aromatic carbocycles. The second-order valence-corrected chi connectivity index (χ2v) is 10.2. The van der Waals surface area contributed by atoms with E-state index in [1.54, 1.807) is 55.2 Å². The minimum atomic E-state index is -0.650. The monoisotopic (exact) mass is 539 g/mol. The molecule has 0 atom stereocenters. The van der Waals surface area contributed by atoms with Gasteiger partial charge in [-0.1, -0.05) is 42.5 Å². The topological polar surface area (TPSA) is 138 Å². The number of aromatic nitrogens is 3. The Morgan fingerprint density at radius 1 is 0.949 bits per heavy atom. The number of thiophene rings is 1. The van der Waals surface area contributed by atoms with Gasteiger partial charge in [-0.15, -0.1) is 16.4 Å². The first-order chi connectivity index (χ1) is 18.8. The second-order valence-electron chi connectivity index (χ2n) is 9.18. The van der Waals surface area contributed by atoms with Gasteiger partial charge < -0.3 is 20.9 Å². The zero-order valence-corrected chi connectivity index (χ0v) is 21.8. The van der Waals surface area contributed by atoms with E-state index in [9.17, 15) is 19.2 Å². The van der Waals surface area contributed by atoms with Gasteiger partial charge in [0, 0.05) is 12.4 Å². The third-order valence-electron chi connectivity index (χ3n) is 6.10. The lowest BCUT2D eigenvalue weighted by molar-refractivity contribution is 0.0915. The van der Waals surface area contributed by atoms with Crippen LogP contribution in [0.4, 0.5) is 11.5 Å². The van der Waals surface area contributed by atoms with Crippen molar-refractivity contribution in [2.75, 3.05) is 10.6 Å². The first-order valence-corrected chi connectivity index (χ1v) is 12.7. The van der Waals surface area contributed by atoms with E-state index >= 15 is 0 Å². The molecule has 39 heavy (non-hydrogen) atoms. The molecule has 0 spiro atoms. The van der Waals surface area contributed by atoms with Crippen LogP contribution in [0, 0.1) is 0 Å². The molecule has 0 fully saturated rings. The van der Waals surface area contributed by atoms with Crippen molar-refractivity contribution >= 4 is 57.2 Å². The van der Waals surface area contributed by atoms with Crippen molar-refractivity contribution in [3.63, 3.8) is 0 Å². The summed E-state index contributed by atoms with van der Waals surface area (Å²) < 4.78 is 0.953. The zero-order chi connectivity index (χ0) is 27.6. The third kappa shape index (κ3) is 5.20. The molecule has 3 aromatic heterocycles. The number of H-pyrrole nitrogens is 1. The summed E-state index contributed by atoms with van der Waals surface area (Å²) in [6.07, 6.45) is 4.87. The highest BCUT2D eigenvalue weighted by molar-refractivity contribution is 7.20. The molecule has 0 bridgehead atoms. The number of rotatable bonds is 8. The number of nitrogens with one attached hydrogen (secondary N) is 4. The van der Waals surface area contributed by atoms with Crippen molar-refractivity contribution in [1.82, 2.24) is 20.1 Å². The highest BCUT2D eigenvalue weighted by Crippen LogP contribution is 2.32. The van der Waals surface area contributed by atoms with Crippen molar-refractivity contribution < 1.29 is 19.2 Å². The van der Waals surface area contributed by atoms with Crippen molar-refractivity contribution in [2.45, 2.75) is 19.4 Å². The molecule has 195 valence electrons. The second kappa shape index (κ2) is 10.4. The molecule has 0 saturated carbocycles. The van der Waals surface area contributed by atoms with Gasteiger partial charge in [0.15, 0.2) is 5.82 Å². The lowest BCUT2D eigenvalue weighted by Crippen LogP contribution is -2.40. The van der Waals surface area contributed by atoms with E-state index in [-0.39, 0.29) is 23.2 Å². The van der Waals surface area contributed by atoms with Crippen molar-refractivity contribution in [2.24, 2.45) is 0 Å². The first-order valence-electron chi connectivity index (χ1n) is 11.9. The number of hydrogen-bond donors (Lipinski definition) is 4. The van der Waals surface area contributed by atoms with Gasteiger partial charge in [0.05, 0.1) is 32.6 Å². The van der Waals surface area contributed by atoms with E-state index in [4.69, 9.17) is 0 Å². The van der Waals surface area contributed by atoms with Crippen molar-refractivity contribution in [3.05, 3.63) is 101 Å². The normalized spacial score (nSPS) is 11.2. The number of aromatic amines is 1. The largest absolute Gasteiger partial charge is 0.367 e. The third-order valence-corrected chi connectivity index (χ3v) is 7.21. The van der Waals surface area contributed by atoms with Gasteiger partial charge in [-0.3, -0.25) is 19.2 Å². The Labute approximate surface area is 227 Å². The average Bonchev–Trinajstić information content (AvgIpc) is 3.68. The highest BCUT2D eigenvalue weighted by atomic mass is 32.1. The molecule has 0 aliphatic carbocycles. The minimum absolute atomic E-state index is 0.0859. The fourth-order valence-corrected chi connectivity index (χ4v) is 5.03. The maximum Gasteiger partial charge on any atom is 0.340 e. The summed E-state index contributed by atoms with van der Waals surface area (Å²) in [5.74, 6) is -1.19. The molecule has 5 aromatic rings. The number of fused-ring (bicyclic) bond motifs is 1. The van der Waals surface area contributed by atoms with E-state index in [0.29, 0.717) is 26.3 Å². The Balaban J connectivity index is 1.40. The molecule has 3 heterocycles. The standard InChI is InChI=1S/C28H23N6O4S/c1-28(2,18-8-4-3-5-9-18)32-26(38)22-14-20-23(33-34(16-35)27(20)39-22)31-25(37)19-10-6-7-11-21(19)30-24(36)17-12-13-29-15-17/h3-15,29H,1-2H3,(H,30,36)(H,32,38)(H,31,33,37). The van der Waals surface area contributed by atoms with Crippen LogP contribution in [-0.2, 0) is 10.3 Å². The van der Waals surface area contributed by atoms with E-state index < -0.39 is 11.4 Å². The van der Waals surface area contributed by atoms with Crippen LogP contribution < -0.4 is 16.0 Å². The van der Waals surface area contributed by atoms with E-state index in [0.717, 1.165) is 21.6 Å². The van der Waals surface area contributed by atoms with Crippen molar-refractivity contribution in [3.8, 4) is 0 Å². The molecule has 4 N–H and O–H groups in total. The summed E-state index contributed by atoms with van der Waals surface area (Å²) in [7, 11) is 0. The Morgan fingerprint density at radius 2 is 1.69 bits per heavy atom. The smallest absolute Gasteiger partial charge is 0.340 e. The number of para-hydroxylation sites is 1. The maximum absolute atomic E-state index is 13.2. The fraction of sp³-hybridized carbons (Fsp3) is 0.107.